The second-order valence-electron chi connectivity index (χ2n) is 1.68. The lowest BCUT2D eigenvalue weighted by Gasteiger charge is -2.07. The van der Waals surface area contributed by atoms with E-state index in [1.165, 1.54) is 0 Å². The van der Waals surface area contributed by atoms with Crippen LogP contribution in [0.4, 0.5) is 13.2 Å². The number of carboxylic acid groups (broad SMARTS) is 1. The molecule has 0 aromatic heterocycles. The van der Waals surface area contributed by atoms with Gasteiger partial charge in [0.15, 0.2) is 6.04 Å². The Morgan fingerprint density at radius 3 is 1.82 bits per heavy atom. The fourth-order valence-corrected chi connectivity index (χ4v) is 0.288. The van der Waals surface area contributed by atoms with E-state index in [-0.39, 0.29) is 0 Å². The summed E-state index contributed by atoms with van der Waals surface area (Å²) in [6, 6.07) is -2.52. The number of rotatable bonds is 2. The first-order chi connectivity index (χ1) is 4.76. The molecule has 4 nitrogen and oxygen atoms in total. The standard InChI is InChI=1S/C4H4F3NO3/c5-4(6,7)2(9)1(8)3(10)11/h1H,8H2,(H,10,11). The second kappa shape index (κ2) is 2.87. The summed E-state index contributed by atoms with van der Waals surface area (Å²) in [6.45, 7) is 0. The first-order valence-corrected chi connectivity index (χ1v) is 2.36. The van der Waals surface area contributed by atoms with E-state index in [4.69, 9.17) is 5.11 Å². The van der Waals surface area contributed by atoms with Crippen LogP contribution in [0.1, 0.15) is 0 Å². The van der Waals surface area contributed by atoms with Gasteiger partial charge < -0.3 is 10.8 Å². The molecule has 0 aliphatic rings. The number of alkyl halides is 3. The molecule has 0 spiro atoms. The van der Waals surface area contributed by atoms with Crippen LogP contribution in [0.3, 0.4) is 0 Å². The van der Waals surface area contributed by atoms with E-state index in [1.54, 1.807) is 0 Å². The predicted octanol–water partition coefficient (Wildman–Crippen LogP) is -0.470. The molecular formula is C4H4F3NO3. The summed E-state index contributed by atoms with van der Waals surface area (Å²) in [5.41, 5.74) is 4.38. The molecule has 0 bridgehead atoms. The zero-order valence-electron chi connectivity index (χ0n) is 5.05. The summed E-state index contributed by atoms with van der Waals surface area (Å²) in [5.74, 6) is -4.45. The molecule has 7 heteroatoms. The number of aliphatic carboxylic acids is 1. The summed E-state index contributed by atoms with van der Waals surface area (Å²) in [7, 11) is 0. The molecule has 0 aromatic carbocycles. The molecular weight excluding hydrogens is 167 g/mol. The van der Waals surface area contributed by atoms with Gasteiger partial charge in [0.1, 0.15) is 0 Å². The molecule has 0 fully saturated rings. The van der Waals surface area contributed by atoms with E-state index >= 15 is 0 Å². The third-order valence-electron chi connectivity index (χ3n) is 0.828. The molecule has 0 saturated heterocycles. The Kier molecular flexibility index (Phi) is 2.58. The van der Waals surface area contributed by atoms with Crippen molar-refractivity contribution < 1.29 is 27.9 Å². The van der Waals surface area contributed by atoms with Crippen LogP contribution in [0.5, 0.6) is 0 Å². The summed E-state index contributed by atoms with van der Waals surface area (Å²) < 4.78 is 34.1. The van der Waals surface area contributed by atoms with E-state index in [2.05, 4.69) is 5.73 Å². The van der Waals surface area contributed by atoms with Gasteiger partial charge in [0, 0.05) is 0 Å². The number of halogens is 3. The third kappa shape index (κ3) is 2.54. The second-order valence-corrected chi connectivity index (χ2v) is 1.68. The average Bonchev–Trinajstić information content (AvgIpc) is 1.82. The summed E-state index contributed by atoms with van der Waals surface area (Å²) >= 11 is 0. The highest BCUT2D eigenvalue weighted by molar-refractivity contribution is 6.04. The number of carbonyl (C=O) groups excluding carboxylic acids is 1. The fourth-order valence-electron chi connectivity index (χ4n) is 0.288. The number of nitrogens with two attached hydrogens (primary N) is 1. The average molecular weight is 171 g/mol. The molecule has 0 amide bonds. The van der Waals surface area contributed by atoms with Gasteiger partial charge in [-0.3, -0.25) is 9.59 Å². The van der Waals surface area contributed by atoms with Gasteiger partial charge in [-0.05, 0) is 0 Å². The Morgan fingerprint density at radius 1 is 1.36 bits per heavy atom. The zero-order chi connectivity index (χ0) is 9.23. The van der Waals surface area contributed by atoms with Crippen molar-refractivity contribution in [3.8, 4) is 0 Å². The molecule has 3 N–H and O–H groups in total. The van der Waals surface area contributed by atoms with Gasteiger partial charge in [-0.2, -0.15) is 13.2 Å². The van der Waals surface area contributed by atoms with E-state index in [0.717, 1.165) is 0 Å². The molecule has 11 heavy (non-hydrogen) atoms. The molecule has 64 valence electrons. The van der Waals surface area contributed by atoms with Crippen molar-refractivity contribution in [3.63, 3.8) is 0 Å². The quantitative estimate of drug-likeness (QED) is 0.550. The number of hydrogen-bond donors (Lipinski definition) is 2. The van der Waals surface area contributed by atoms with Gasteiger partial charge in [0.25, 0.3) is 5.78 Å². The van der Waals surface area contributed by atoms with Gasteiger partial charge in [0.2, 0.25) is 0 Å². The minimum Gasteiger partial charge on any atom is -0.480 e. The van der Waals surface area contributed by atoms with Crippen LogP contribution in [0, 0.1) is 0 Å². The van der Waals surface area contributed by atoms with Gasteiger partial charge in [-0.25, -0.2) is 0 Å². The molecule has 1 atom stereocenters. The van der Waals surface area contributed by atoms with Crippen LogP contribution >= 0.6 is 0 Å². The monoisotopic (exact) mass is 171 g/mol. The predicted molar refractivity (Wildman–Crippen MR) is 26.7 cm³/mol. The van der Waals surface area contributed by atoms with Gasteiger partial charge in [0.05, 0.1) is 0 Å². The lowest BCUT2D eigenvalue weighted by molar-refractivity contribution is -0.175. The van der Waals surface area contributed by atoms with Gasteiger partial charge in [-0.15, -0.1) is 0 Å². The van der Waals surface area contributed by atoms with Crippen molar-refractivity contribution in [1.29, 1.82) is 0 Å². The lowest BCUT2D eigenvalue weighted by atomic mass is 10.2. The Hall–Kier alpha value is -1.11. The van der Waals surface area contributed by atoms with Crippen molar-refractivity contribution in [3.05, 3.63) is 0 Å². The molecule has 0 rings (SSSR count). The highest BCUT2D eigenvalue weighted by Gasteiger charge is 2.44. The smallest absolute Gasteiger partial charge is 0.452 e. The SMILES string of the molecule is NC(C(=O)O)C(=O)C(F)(F)F. The number of carbonyl (C=O) groups is 2. The van der Waals surface area contributed by atoms with Crippen molar-refractivity contribution in [2.75, 3.05) is 0 Å². The molecule has 0 saturated carbocycles. The first kappa shape index (κ1) is 9.89. The summed E-state index contributed by atoms with van der Waals surface area (Å²) in [5, 5.41) is 7.87. The molecule has 0 radical (unpaired) electrons. The van der Waals surface area contributed by atoms with Gasteiger partial charge in [-0.1, -0.05) is 0 Å². The first-order valence-electron chi connectivity index (χ1n) is 2.36. The minimum absolute atomic E-state index is 1.99. The maximum atomic E-state index is 11.4. The summed E-state index contributed by atoms with van der Waals surface area (Å²) in [6.07, 6.45) is -5.18. The van der Waals surface area contributed by atoms with Crippen LogP contribution < -0.4 is 5.73 Å². The third-order valence-corrected chi connectivity index (χ3v) is 0.828. The van der Waals surface area contributed by atoms with Crippen LogP contribution in [0.15, 0.2) is 0 Å². The fraction of sp³-hybridized carbons (Fsp3) is 0.500. The lowest BCUT2D eigenvalue weighted by Crippen LogP contribution is -2.45. The Morgan fingerprint density at radius 2 is 1.73 bits per heavy atom. The molecule has 0 heterocycles. The molecule has 1 unspecified atom stereocenters. The normalized spacial score (nSPS) is 14.2. The van der Waals surface area contributed by atoms with E-state index in [9.17, 15) is 22.8 Å². The van der Waals surface area contributed by atoms with Crippen LogP contribution in [-0.4, -0.2) is 29.1 Å². The van der Waals surface area contributed by atoms with Crippen molar-refractivity contribution in [2.45, 2.75) is 12.2 Å². The van der Waals surface area contributed by atoms with Crippen molar-refractivity contribution >= 4 is 11.8 Å². The van der Waals surface area contributed by atoms with E-state index in [1.807, 2.05) is 0 Å². The van der Waals surface area contributed by atoms with E-state index < -0.39 is 24.0 Å². The van der Waals surface area contributed by atoms with Crippen molar-refractivity contribution in [1.82, 2.24) is 0 Å². The maximum Gasteiger partial charge on any atom is 0.452 e. The molecule has 0 aromatic rings. The Balaban J connectivity index is 4.39. The van der Waals surface area contributed by atoms with E-state index in [0.29, 0.717) is 0 Å². The topological polar surface area (TPSA) is 80.4 Å². The highest BCUT2D eigenvalue weighted by atomic mass is 19.4. The zero-order valence-corrected chi connectivity index (χ0v) is 5.05. The van der Waals surface area contributed by atoms with Crippen LogP contribution in [0.2, 0.25) is 0 Å². The minimum atomic E-state index is -5.18. The number of ketones is 1. The number of hydrogen-bond acceptors (Lipinski definition) is 3. The van der Waals surface area contributed by atoms with Gasteiger partial charge >= 0.3 is 12.1 Å². The number of Topliss-reactive ketones (excluding diaryl/α,β-unsaturated/α-hetero) is 1. The number of carboxylic acids is 1. The van der Waals surface area contributed by atoms with Crippen molar-refractivity contribution in [2.24, 2.45) is 5.73 Å². The Bertz CT molecular complexity index is 188. The Labute approximate surface area is 58.8 Å². The molecule has 0 aliphatic carbocycles. The summed E-state index contributed by atoms with van der Waals surface area (Å²) in [4.78, 5) is 19.7. The van der Waals surface area contributed by atoms with Crippen LogP contribution in [-0.2, 0) is 9.59 Å². The highest BCUT2D eigenvalue weighted by Crippen LogP contribution is 2.17. The largest absolute Gasteiger partial charge is 0.480 e. The maximum absolute atomic E-state index is 11.4. The van der Waals surface area contributed by atoms with Crippen LogP contribution in [0.25, 0.3) is 0 Å². The molecule has 0 aliphatic heterocycles.